The second-order valence-corrected chi connectivity index (χ2v) is 3.98. The fourth-order valence-electron chi connectivity index (χ4n) is 1.07. The van der Waals surface area contributed by atoms with E-state index in [2.05, 4.69) is 0 Å². The van der Waals surface area contributed by atoms with Crippen LogP contribution in [0.25, 0.3) is 0 Å². The van der Waals surface area contributed by atoms with Gasteiger partial charge >= 0.3 is 12.1 Å². The molecule has 4 nitrogen and oxygen atoms in total. The van der Waals surface area contributed by atoms with E-state index in [0.717, 1.165) is 0 Å². The number of amides is 1. The van der Waals surface area contributed by atoms with E-state index in [1.165, 1.54) is 22.8 Å². The number of carboxylic acid groups (broad SMARTS) is 1. The molecular formula is C9H8F3NO3S. The summed E-state index contributed by atoms with van der Waals surface area (Å²) in [5, 5.41) is 13.4. The molecule has 0 spiro atoms. The molecule has 0 aliphatic rings. The molecule has 0 fully saturated rings. The summed E-state index contributed by atoms with van der Waals surface area (Å²) in [5.74, 6) is -2.55. The summed E-state index contributed by atoms with van der Waals surface area (Å²) < 4.78 is 36.1. The molecule has 1 unspecified atom stereocenters. The van der Waals surface area contributed by atoms with Gasteiger partial charge in [-0.1, -0.05) is 0 Å². The highest BCUT2D eigenvalue weighted by atomic mass is 32.1. The molecular weight excluding hydrogens is 259 g/mol. The number of rotatable bonds is 4. The predicted octanol–water partition coefficient (Wildman–Crippen LogP) is 1.88. The van der Waals surface area contributed by atoms with Crippen molar-refractivity contribution >= 4 is 23.2 Å². The molecule has 1 atom stereocenters. The predicted molar refractivity (Wildman–Crippen MR) is 53.9 cm³/mol. The summed E-state index contributed by atoms with van der Waals surface area (Å²) in [4.78, 5) is 21.9. The molecule has 0 bridgehead atoms. The molecule has 2 N–H and O–H groups in total. The molecule has 1 rings (SSSR count). The van der Waals surface area contributed by atoms with Crippen LogP contribution in [-0.4, -0.2) is 29.2 Å². The topological polar surface area (TPSA) is 66.4 Å². The molecule has 0 aliphatic carbocycles. The molecule has 0 saturated heterocycles. The molecule has 1 aromatic rings. The first-order valence-electron chi connectivity index (χ1n) is 4.42. The third-order valence-electron chi connectivity index (χ3n) is 1.82. The average molecular weight is 267 g/mol. The van der Waals surface area contributed by atoms with E-state index in [1.807, 2.05) is 5.32 Å². The molecule has 0 radical (unpaired) electrons. The zero-order valence-corrected chi connectivity index (χ0v) is 9.14. The first-order valence-corrected chi connectivity index (χ1v) is 5.36. The van der Waals surface area contributed by atoms with Crippen molar-refractivity contribution in [3.63, 3.8) is 0 Å². The van der Waals surface area contributed by atoms with E-state index < -0.39 is 30.5 Å². The first-order chi connectivity index (χ1) is 7.79. The van der Waals surface area contributed by atoms with Gasteiger partial charge in [0.15, 0.2) is 0 Å². The van der Waals surface area contributed by atoms with Crippen LogP contribution in [0, 0.1) is 0 Å². The van der Waals surface area contributed by atoms with Gasteiger partial charge in [0.05, 0.1) is 12.0 Å². The fraction of sp³-hybridized carbons (Fsp3) is 0.333. The lowest BCUT2D eigenvalue weighted by molar-refractivity contribution is -0.157. The summed E-state index contributed by atoms with van der Waals surface area (Å²) in [5.41, 5.74) is 0.142. The van der Waals surface area contributed by atoms with E-state index in [4.69, 9.17) is 5.11 Å². The van der Waals surface area contributed by atoms with Crippen LogP contribution in [-0.2, 0) is 4.79 Å². The Balaban J connectivity index is 2.68. The number of halogens is 3. The number of carbonyl (C=O) groups excluding carboxylic acids is 1. The molecule has 1 amide bonds. The monoisotopic (exact) mass is 267 g/mol. The minimum absolute atomic E-state index is 0.142. The van der Waals surface area contributed by atoms with Crippen LogP contribution in [0.5, 0.6) is 0 Å². The number of hydrogen-bond donors (Lipinski definition) is 2. The fourth-order valence-corrected chi connectivity index (χ4v) is 1.70. The van der Waals surface area contributed by atoms with Crippen molar-refractivity contribution in [2.45, 2.75) is 18.6 Å². The van der Waals surface area contributed by atoms with Crippen LogP contribution >= 0.6 is 11.3 Å². The van der Waals surface area contributed by atoms with E-state index in [0.29, 0.717) is 0 Å². The maximum atomic E-state index is 12.0. The lowest BCUT2D eigenvalue weighted by Crippen LogP contribution is -2.43. The van der Waals surface area contributed by atoms with Crippen molar-refractivity contribution in [1.29, 1.82) is 0 Å². The molecule has 94 valence electrons. The van der Waals surface area contributed by atoms with Gasteiger partial charge in [0.25, 0.3) is 5.91 Å². The van der Waals surface area contributed by atoms with Gasteiger partial charge in [0.1, 0.15) is 6.04 Å². The Kier molecular flexibility index (Phi) is 4.11. The Morgan fingerprint density at radius 3 is 2.53 bits per heavy atom. The number of nitrogens with one attached hydrogen (secondary N) is 1. The molecule has 1 heterocycles. The van der Waals surface area contributed by atoms with Gasteiger partial charge in [0.2, 0.25) is 0 Å². The average Bonchev–Trinajstić information content (AvgIpc) is 2.66. The van der Waals surface area contributed by atoms with Crippen LogP contribution in [0.3, 0.4) is 0 Å². The van der Waals surface area contributed by atoms with Gasteiger partial charge in [0, 0.05) is 5.38 Å². The van der Waals surface area contributed by atoms with Crippen molar-refractivity contribution in [3.8, 4) is 0 Å². The summed E-state index contributed by atoms with van der Waals surface area (Å²) in [7, 11) is 0. The second kappa shape index (κ2) is 5.17. The van der Waals surface area contributed by atoms with E-state index in [9.17, 15) is 22.8 Å². The smallest absolute Gasteiger partial charge is 0.391 e. The second-order valence-electron chi connectivity index (χ2n) is 3.20. The highest BCUT2D eigenvalue weighted by molar-refractivity contribution is 7.08. The van der Waals surface area contributed by atoms with Gasteiger partial charge in [-0.25, -0.2) is 4.79 Å². The van der Waals surface area contributed by atoms with Gasteiger partial charge in [-0.2, -0.15) is 24.5 Å². The van der Waals surface area contributed by atoms with E-state index >= 15 is 0 Å². The number of hydrogen-bond acceptors (Lipinski definition) is 3. The Morgan fingerprint density at radius 2 is 2.12 bits per heavy atom. The number of aliphatic carboxylic acids is 1. The third kappa shape index (κ3) is 4.43. The first kappa shape index (κ1) is 13.5. The number of thiophene rings is 1. The van der Waals surface area contributed by atoms with Gasteiger partial charge in [-0.15, -0.1) is 0 Å². The summed E-state index contributed by atoms with van der Waals surface area (Å²) in [6.45, 7) is 0. The number of carbonyl (C=O) groups is 2. The maximum absolute atomic E-state index is 12.0. The molecule has 1 aromatic heterocycles. The SMILES string of the molecule is O=C(NC(CC(F)(F)F)C(=O)O)c1ccsc1. The highest BCUT2D eigenvalue weighted by Gasteiger charge is 2.36. The molecule has 0 aromatic carbocycles. The lowest BCUT2D eigenvalue weighted by atomic mass is 10.2. The van der Waals surface area contributed by atoms with Crippen molar-refractivity contribution in [1.82, 2.24) is 5.32 Å². The zero-order valence-electron chi connectivity index (χ0n) is 8.32. The molecule has 0 saturated carbocycles. The van der Waals surface area contributed by atoms with Gasteiger partial charge < -0.3 is 10.4 Å². The molecule has 17 heavy (non-hydrogen) atoms. The van der Waals surface area contributed by atoms with Crippen molar-refractivity contribution < 1.29 is 27.9 Å². The zero-order chi connectivity index (χ0) is 13.1. The van der Waals surface area contributed by atoms with Crippen LogP contribution in [0.15, 0.2) is 16.8 Å². The number of alkyl halides is 3. The van der Waals surface area contributed by atoms with Crippen molar-refractivity contribution in [3.05, 3.63) is 22.4 Å². The minimum Gasteiger partial charge on any atom is -0.480 e. The van der Waals surface area contributed by atoms with Crippen molar-refractivity contribution in [2.75, 3.05) is 0 Å². The van der Waals surface area contributed by atoms with Crippen LogP contribution < -0.4 is 5.32 Å². The standard InChI is InChI=1S/C9H8F3NO3S/c10-9(11,12)3-6(8(15)16)13-7(14)5-1-2-17-4-5/h1-2,4,6H,3H2,(H,13,14)(H,15,16). The Hall–Kier alpha value is -1.57. The Labute approximate surface area is 98.1 Å². The van der Waals surface area contributed by atoms with Crippen LogP contribution in [0.1, 0.15) is 16.8 Å². The lowest BCUT2D eigenvalue weighted by Gasteiger charge is -2.15. The van der Waals surface area contributed by atoms with Crippen molar-refractivity contribution in [2.24, 2.45) is 0 Å². The summed E-state index contributed by atoms with van der Waals surface area (Å²) >= 11 is 1.19. The largest absolute Gasteiger partial charge is 0.480 e. The molecule has 8 heteroatoms. The summed E-state index contributed by atoms with van der Waals surface area (Å²) in [6.07, 6.45) is -6.25. The third-order valence-corrected chi connectivity index (χ3v) is 2.51. The van der Waals surface area contributed by atoms with E-state index in [1.54, 1.807) is 5.38 Å². The summed E-state index contributed by atoms with van der Waals surface area (Å²) in [6, 6.07) is -0.575. The van der Waals surface area contributed by atoms with E-state index in [-0.39, 0.29) is 5.56 Å². The minimum atomic E-state index is -4.65. The van der Waals surface area contributed by atoms with Crippen LogP contribution in [0.2, 0.25) is 0 Å². The Morgan fingerprint density at radius 1 is 1.47 bits per heavy atom. The van der Waals surface area contributed by atoms with Gasteiger partial charge in [-0.3, -0.25) is 4.79 Å². The number of carboxylic acids is 1. The van der Waals surface area contributed by atoms with Crippen LogP contribution in [0.4, 0.5) is 13.2 Å². The maximum Gasteiger partial charge on any atom is 0.391 e. The normalized spacial score (nSPS) is 13.1. The molecule has 0 aliphatic heterocycles. The highest BCUT2D eigenvalue weighted by Crippen LogP contribution is 2.22. The van der Waals surface area contributed by atoms with Gasteiger partial charge in [-0.05, 0) is 11.4 Å². The quantitative estimate of drug-likeness (QED) is 0.875. The Bertz CT molecular complexity index is 402.